The molecule has 0 saturated heterocycles. The zero-order valence-corrected chi connectivity index (χ0v) is 23.7. The molecule has 0 bridgehead atoms. The molecular weight excluding hydrogens is 553 g/mol. The Morgan fingerprint density at radius 1 is 1.05 bits per heavy atom. The van der Waals surface area contributed by atoms with Gasteiger partial charge in [-0.2, -0.15) is 22.3 Å². The van der Waals surface area contributed by atoms with Crippen LogP contribution in [0, 0.1) is 19.7 Å². The van der Waals surface area contributed by atoms with Gasteiger partial charge >= 0.3 is 5.92 Å². The predicted molar refractivity (Wildman–Crippen MR) is 153 cm³/mol. The molecule has 0 radical (unpaired) electrons. The minimum absolute atomic E-state index is 0. The second-order valence-corrected chi connectivity index (χ2v) is 9.78. The van der Waals surface area contributed by atoms with Gasteiger partial charge in [-0.15, -0.1) is 10.2 Å². The van der Waals surface area contributed by atoms with E-state index < -0.39 is 29.2 Å². The van der Waals surface area contributed by atoms with Crippen LogP contribution >= 0.6 is 13.5 Å². The van der Waals surface area contributed by atoms with E-state index in [2.05, 4.69) is 25.5 Å². The molecular formula is C28H27F3N8OS. The van der Waals surface area contributed by atoms with Crippen LogP contribution in [0.3, 0.4) is 0 Å². The van der Waals surface area contributed by atoms with E-state index in [4.69, 9.17) is 9.72 Å². The molecule has 1 aromatic carbocycles. The van der Waals surface area contributed by atoms with Gasteiger partial charge in [-0.05, 0) is 50.1 Å². The van der Waals surface area contributed by atoms with Crippen molar-refractivity contribution in [1.29, 1.82) is 0 Å². The maximum Gasteiger partial charge on any atom is 0.334 e. The number of halogens is 3. The quantitative estimate of drug-likeness (QED) is 0.266. The Kier molecular flexibility index (Phi) is 7.24. The summed E-state index contributed by atoms with van der Waals surface area (Å²) in [6.45, 7) is 6.01. The molecule has 5 heterocycles. The average molecular weight is 581 g/mol. The molecule has 1 aliphatic rings. The van der Waals surface area contributed by atoms with Crippen molar-refractivity contribution in [2.75, 3.05) is 12.4 Å². The van der Waals surface area contributed by atoms with Gasteiger partial charge in [0.25, 0.3) is 0 Å². The topological polar surface area (TPSA) is 95.6 Å². The fourth-order valence-electron chi connectivity index (χ4n) is 4.94. The van der Waals surface area contributed by atoms with Crippen molar-refractivity contribution in [3.8, 4) is 28.7 Å². The first-order valence-electron chi connectivity index (χ1n) is 12.6. The number of anilines is 2. The summed E-state index contributed by atoms with van der Waals surface area (Å²) in [4.78, 5) is 13.4. The van der Waals surface area contributed by atoms with E-state index in [1.54, 1.807) is 32.5 Å². The summed E-state index contributed by atoms with van der Waals surface area (Å²) in [5.74, 6) is -4.14. The van der Waals surface area contributed by atoms with E-state index in [-0.39, 0.29) is 19.3 Å². The lowest BCUT2D eigenvalue weighted by atomic mass is 10.1. The van der Waals surface area contributed by atoms with Crippen LogP contribution in [0.5, 0.6) is 5.88 Å². The number of alkyl halides is 2. The smallest absolute Gasteiger partial charge is 0.334 e. The van der Waals surface area contributed by atoms with E-state index >= 15 is 8.78 Å². The Labute approximate surface area is 240 Å². The normalized spacial score (nSPS) is 14.2. The number of pyridine rings is 1. The number of rotatable bonds is 6. The number of aromatic nitrogens is 7. The van der Waals surface area contributed by atoms with Gasteiger partial charge in [0.15, 0.2) is 5.82 Å². The minimum atomic E-state index is -3.67. The molecule has 6 rings (SSSR count). The van der Waals surface area contributed by atoms with Crippen LogP contribution in [-0.2, 0) is 12.5 Å². The van der Waals surface area contributed by atoms with Gasteiger partial charge in [0.05, 0.1) is 35.8 Å². The van der Waals surface area contributed by atoms with E-state index in [9.17, 15) is 4.39 Å². The maximum atomic E-state index is 15.5. The van der Waals surface area contributed by atoms with Crippen molar-refractivity contribution in [1.82, 2.24) is 34.3 Å². The predicted octanol–water partition coefficient (Wildman–Crippen LogP) is 5.93. The first-order chi connectivity index (χ1) is 19.2. The highest BCUT2D eigenvalue weighted by Gasteiger charge is 2.44. The van der Waals surface area contributed by atoms with Gasteiger partial charge in [-0.1, -0.05) is 12.1 Å². The lowest BCUT2D eigenvalue weighted by Gasteiger charge is -2.27. The number of nitrogens with one attached hydrogen (secondary N) is 1. The van der Waals surface area contributed by atoms with Crippen molar-refractivity contribution < 1.29 is 17.9 Å². The van der Waals surface area contributed by atoms with Crippen LogP contribution < -0.4 is 10.1 Å². The number of methoxy groups -OCH3 is 1. The zero-order chi connectivity index (χ0) is 28.2. The first kappa shape index (κ1) is 28.1. The van der Waals surface area contributed by atoms with Crippen LogP contribution in [0.2, 0.25) is 0 Å². The van der Waals surface area contributed by atoms with Crippen molar-refractivity contribution in [3.63, 3.8) is 0 Å². The third kappa shape index (κ3) is 4.79. The van der Waals surface area contributed by atoms with Crippen LogP contribution in [0.25, 0.3) is 22.8 Å². The number of fused-ring (bicyclic) bond motifs is 3. The summed E-state index contributed by atoms with van der Waals surface area (Å²) >= 11 is 0. The molecule has 1 aliphatic heterocycles. The van der Waals surface area contributed by atoms with Gasteiger partial charge in [-0.3, -0.25) is 4.57 Å². The van der Waals surface area contributed by atoms with Gasteiger partial charge < -0.3 is 14.6 Å². The Balaban J connectivity index is 0.00000337. The number of ether oxygens (including phenoxy) is 1. The molecule has 0 saturated carbocycles. The molecule has 0 unspecified atom stereocenters. The molecule has 0 amide bonds. The number of nitrogens with zero attached hydrogens (tertiary/aromatic N) is 7. The lowest BCUT2D eigenvalue weighted by molar-refractivity contribution is 0.0231. The van der Waals surface area contributed by atoms with E-state index in [1.165, 1.54) is 16.7 Å². The lowest BCUT2D eigenvalue weighted by Crippen LogP contribution is -2.28. The number of hydrogen-bond donors (Lipinski definition) is 1. The number of benzene rings is 1. The Morgan fingerprint density at radius 3 is 2.56 bits per heavy atom. The largest absolute Gasteiger partial charge is 0.481 e. The molecule has 5 aromatic rings. The van der Waals surface area contributed by atoms with Gasteiger partial charge in [0, 0.05) is 36.8 Å². The monoisotopic (exact) mass is 580 g/mol. The van der Waals surface area contributed by atoms with Crippen LogP contribution in [-0.4, -0.2) is 41.4 Å². The number of hydrogen-bond acceptors (Lipinski definition) is 7. The Morgan fingerprint density at radius 2 is 1.80 bits per heavy atom. The van der Waals surface area contributed by atoms with Gasteiger partial charge in [-0.25, -0.2) is 19.3 Å². The second-order valence-electron chi connectivity index (χ2n) is 9.78. The fourth-order valence-corrected chi connectivity index (χ4v) is 4.94. The minimum Gasteiger partial charge on any atom is -0.481 e. The van der Waals surface area contributed by atoms with E-state index in [0.29, 0.717) is 29.8 Å². The van der Waals surface area contributed by atoms with Gasteiger partial charge in [0.2, 0.25) is 17.7 Å². The molecule has 1 atom stereocenters. The second kappa shape index (κ2) is 10.5. The molecule has 0 fully saturated rings. The third-order valence-corrected chi connectivity index (χ3v) is 6.99. The summed E-state index contributed by atoms with van der Waals surface area (Å²) in [6.07, 6.45) is 5.32. The van der Waals surface area contributed by atoms with Crippen LogP contribution in [0.1, 0.15) is 35.5 Å². The molecule has 1 N–H and O–H groups in total. The molecule has 13 heteroatoms. The van der Waals surface area contributed by atoms with Crippen molar-refractivity contribution in [2.24, 2.45) is 0 Å². The van der Waals surface area contributed by atoms with Gasteiger partial charge in [0.1, 0.15) is 5.82 Å². The molecule has 212 valence electrons. The summed E-state index contributed by atoms with van der Waals surface area (Å²) in [5.41, 5.74) is 3.79. The zero-order valence-electron chi connectivity index (χ0n) is 22.7. The summed E-state index contributed by atoms with van der Waals surface area (Å²) in [6, 6.07) is 8.03. The Hall–Kier alpha value is -4.39. The molecule has 0 aliphatic carbocycles. The standard InChI is InChI=1S/C28H25F3N8O.H2S/c1-15-11-32-23(40-4)10-21(15)34-27-33-12-16(2)24(35-27)18-9-22-25-36-37-26(39(25)17(3)13-38(22)14-18)28(30,31)19-7-5-6-8-20(19)29;/h5-12,14,17H,13H2,1-4H3,(H,32,33,34,35);1H2/t17-;/m0./s1. The molecule has 0 spiro atoms. The summed E-state index contributed by atoms with van der Waals surface area (Å²) < 4.78 is 54.0. The number of aryl methyl sites for hydroxylation is 2. The maximum absolute atomic E-state index is 15.5. The third-order valence-electron chi connectivity index (χ3n) is 6.99. The SMILES string of the molecule is COc1cc(Nc2ncc(C)c(-c3cc4n(c3)C[C@H](C)n3c-4nnc3C(F)(F)c3ccccc3F)n2)c(C)cn1.S. The fraction of sp³-hybridized carbons (Fsp3) is 0.250. The highest BCUT2D eigenvalue weighted by molar-refractivity contribution is 7.59. The van der Waals surface area contributed by atoms with Crippen molar-refractivity contribution in [2.45, 2.75) is 39.3 Å². The first-order valence-corrected chi connectivity index (χ1v) is 12.6. The van der Waals surface area contributed by atoms with Crippen molar-refractivity contribution in [3.05, 3.63) is 83.3 Å². The summed E-state index contributed by atoms with van der Waals surface area (Å²) in [5, 5.41) is 11.2. The average Bonchev–Trinajstić information content (AvgIpc) is 3.57. The highest BCUT2D eigenvalue weighted by Crippen LogP contribution is 2.42. The van der Waals surface area contributed by atoms with E-state index in [0.717, 1.165) is 34.5 Å². The highest BCUT2D eigenvalue weighted by atomic mass is 32.1. The molecule has 4 aromatic heterocycles. The molecule has 9 nitrogen and oxygen atoms in total. The molecule has 41 heavy (non-hydrogen) atoms. The van der Waals surface area contributed by atoms with Crippen LogP contribution in [0.15, 0.2) is 55.0 Å². The van der Waals surface area contributed by atoms with E-state index in [1.807, 2.05) is 30.7 Å². The summed E-state index contributed by atoms with van der Waals surface area (Å²) in [7, 11) is 1.54. The van der Waals surface area contributed by atoms with Crippen LogP contribution in [0.4, 0.5) is 24.8 Å². The van der Waals surface area contributed by atoms with Crippen molar-refractivity contribution >= 4 is 25.1 Å². The Bertz CT molecular complexity index is 1750.